The molecule has 2 amide bonds. The average molecular weight is 336 g/mol. The number of methoxy groups -OCH3 is 1. The Bertz CT molecular complexity index is 787. The van der Waals surface area contributed by atoms with Crippen molar-refractivity contribution in [3.05, 3.63) is 55.3 Å². The summed E-state index contributed by atoms with van der Waals surface area (Å²) in [6, 6.07) is 1.11. The Balaban J connectivity index is 2.65. The molecule has 1 atom stereocenters. The van der Waals surface area contributed by atoms with Gasteiger partial charge in [-0.3, -0.25) is 20.2 Å². The molecule has 0 spiro atoms. The first-order chi connectivity index (χ1) is 11.3. The summed E-state index contributed by atoms with van der Waals surface area (Å²) < 4.78 is 4.64. The summed E-state index contributed by atoms with van der Waals surface area (Å²) in [4.78, 5) is 44.1. The first-order valence-electron chi connectivity index (χ1n) is 6.55. The lowest BCUT2D eigenvalue weighted by molar-refractivity contribution is -0.394. The zero-order valence-electron chi connectivity index (χ0n) is 12.6. The Morgan fingerprint density at radius 3 is 2.46 bits per heavy atom. The zero-order chi connectivity index (χ0) is 18.0. The van der Waals surface area contributed by atoms with Gasteiger partial charge in [-0.2, -0.15) is 0 Å². The smallest absolute Gasteiger partial charge is 0.337 e. The second kappa shape index (κ2) is 6.32. The van der Waals surface area contributed by atoms with Gasteiger partial charge in [-0.05, 0) is 13.0 Å². The molecule has 2 N–H and O–H groups in total. The molecule has 0 bridgehead atoms. The standard InChI is InChI=1S/C13H12N4O7/c1-6-10(12(18)24-2)11(15-13(19)14-6)8-4-3-7(16(20)21)5-9(8)17(22)23/h3-5,11H,1-2H3,(H2,14,15,19). The molecule has 0 aliphatic carbocycles. The number of nitrogens with one attached hydrogen (secondary N) is 2. The van der Waals surface area contributed by atoms with E-state index in [9.17, 15) is 29.8 Å². The van der Waals surface area contributed by atoms with Gasteiger partial charge >= 0.3 is 12.0 Å². The van der Waals surface area contributed by atoms with Gasteiger partial charge < -0.3 is 15.4 Å². The van der Waals surface area contributed by atoms with Gasteiger partial charge in [-0.25, -0.2) is 9.59 Å². The van der Waals surface area contributed by atoms with Crippen molar-refractivity contribution in [2.24, 2.45) is 0 Å². The highest BCUT2D eigenvalue weighted by Gasteiger charge is 2.36. The number of carbonyl (C=O) groups is 2. The van der Waals surface area contributed by atoms with Gasteiger partial charge in [0.15, 0.2) is 0 Å². The van der Waals surface area contributed by atoms with E-state index in [1.165, 1.54) is 6.92 Å². The second-order valence-corrected chi connectivity index (χ2v) is 4.82. The van der Waals surface area contributed by atoms with Crippen molar-refractivity contribution < 1.29 is 24.2 Å². The molecule has 0 aromatic heterocycles. The fourth-order valence-electron chi connectivity index (χ4n) is 2.36. The minimum atomic E-state index is -1.17. The fraction of sp³-hybridized carbons (Fsp3) is 0.231. The van der Waals surface area contributed by atoms with E-state index in [0.29, 0.717) is 0 Å². The number of allylic oxidation sites excluding steroid dienone is 1. The highest BCUT2D eigenvalue weighted by Crippen LogP contribution is 2.35. The maximum Gasteiger partial charge on any atom is 0.337 e. The van der Waals surface area contributed by atoms with Crippen molar-refractivity contribution in [3.63, 3.8) is 0 Å². The van der Waals surface area contributed by atoms with E-state index in [2.05, 4.69) is 15.4 Å². The van der Waals surface area contributed by atoms with Gasteiger partial charge in [0, 0.05) is 11.8 Å². The van der Waals surface area contributed by atoms with E-state index in [1.54, 1.807) is 0 Å². The third-order valence-corrected chi connectivity index (χ3v) is 3.41. The lowest BCUT2D eigenvalue weighted by Crippen LogP contribution is -2.45. The summed E-state index contributed by atoms with van der Waals surface area (Å²) in [6.45, 7) is 1.44. The number of nitrogens with zero attached hydrogens (tertiary/aromatic N) is 2. The van der Waals surface area contributed by atoms with Gasteiger partial charge in [-0.15, -0.1) is 0 Å². The van der Waals surface area contributed by atoms with Crippen LogP contribution in [0.25, 0.3) is 0 Å². The van der Waals surface area contributed by atoms with E-state index >= 15 is 0 Å². The molecule has 1 aromatic rings. The van der Waals surface area contributed by atoms with Crippen LogP contribution in [0.2, 0.25) is 0 Å². The van der Waals surface area contributed by atoms with Gasteiger partial charge in [0.2, 0.25) is 0 Å². The average Bonchev–Trinajstić information content (AvgIpc) is 2.52. The van der Waals surface area contributed by atoms with Crippen LogP contribution in [0, 0.1) is 20.2 Å². The highest BCUT2D eigenvalue weighted by atomic mass is 16.6. The maximum absolute atomic E-state index is 12.0. The third kappa shape index (κ3) is 2.99. The Morgan fingerprint density at radius 2 is 1.92 bits per heavy atom. The summed E-state index contributed by atoms with van der Waals surface area (Å²) >= 11 is 0. The monoisotopic (exact) mass is 336 g/mol. The lowest BCUT2D eigenvalue weighted by Gasteiger charge is -2.27. The first-order valence-corrected chi connectivity index (χ1v) is 6.55. The Labute approximate surface area is 134 Å². The molecule has 0 radical (unpaired) electrons. The number of nitro groups is 2. The molecule has 11 heteroatoms. The van der Waals surface area contributed by atoms with Crippen LogP contribution >= 0.6 is 0 Å². The number of benzene rings is 1. The Hall–Kier alpha value is -3.50. The van der Waals surface area contributed by atoms with Crippen LogP contribution in [0.3, 0.4) is 0 Å². The summed E-state index contributed by atoms with van der Waals surface area (Å²) in [7, 11) is 1.13. The van der Waals surface area contributed by atoms with Gasteiger partial charge in [0.25, 0.3) is 11.4 Å². The summed E-state index contributed by atoms with van der Waals surface area (Å²) in [6.07, 6.45) is 0. The van der Waals surface area contributed by atoms with Crippen LogP contribution in [-0.4, -0.2) is 29.0 Å². The second-order valence-electron chi connectivity index (χ2n) is 4.82. The predicted molar refractivity (Wildman–Crippen MR) is 78.9 cm³/mol. The quantitative estimate of drug-likeness (QED) is 0.477. The van der Waals surface area contributed by atoms with Crippen molar-refractivity contribution in [1.29, 1.82) is 0 Å². The number of hydrogen-bond acceptors (Lipinski definition) is 7. The maximum atomic E-state index is 12.0. The number of carbonyl (C=O) groups excluding carboxylic acids is 2. The van der Waals surface area contributed by atoms with Gasteiger partial charge in [0.05, 0.1) is 40.2 Å². The largest absolute Gasteiger partial charge is 0.466 e. The highest BCUT2D eigenvalue weighted by molar-refractivity contribution is 5.95. The number of hydrogen-bond donors (Lipinski definition) is 2. The SMILES string of the molecule is COC(=O)C1=C(C)NC(=O)NC1c1ccc([N+](=O)[O-])cc1[N+](=O)[O-]. The van der Waals surface area contributed by atoms with E-state index in [-0.39, 0.29) is 16.8 Å². The van der Waals surface area contributed by atoms with E-state index in [4.69, 9.17) is 0 Å². The van der Waals surface area contributed by atoms with Crippen LogP contribution in [0.15, 0.2) is 29.5 Å². The van der Waals surface area contributed by atoms with Crippen molar-refractivity contribution in [2.45, 2.75) is 13.0 Å². The molecule has 126 valence electrons. The van der Waals surface area contributed by atoms with Crippen LogP contribution in [0.5, 0.6) is 0 Å². The van der Waals surface area contributed by atoms with Crippen LogP contribution < -0.4 is 10.6 Å². The molecule has 0 saturated heterocycles. The number of nitro benzene ring substituents is 2. The molecule has 1 aromatic carbocycles. The molecule has 1 heterocycles. The number of rotatable bonds is 4. The molecule has 0 fully saturated rings. The zero-order valence-corrected chi connectivity index (χ0v) is 12.6. The minimum Gasteiger partial charge on any atom is -0.466 e. The van der Waals surface area contributed by atoms with Crippen molar-refractivity contribution >= 4 is 23.4 Å². The lowest BCUT2D eigenvalue weighted by atomic mass is 9.94. The molecule has 24 heavy (non-hydrogen) atoms. The summed E-state index contributed by atoms with van der Waals surface area (Å²) in [5.74, 6) is -0.794. The van der Waals surface area contributed by atoms with Gasteiger partial charge in [-0.1, -0.05) is 0 Å². The molecule has 1 aliphatic heterocycles. The molecular formula is C13H12N4O7. The predicted octanol–water partition coefficient (Wildman–Crippen LogP) is 1.30. The number of ether oxygens (including phenoxy) is 1. The Kier molecular flexibility index (Phi) is 4.44. The number of non-ortho nitro benzene ring substituents is 1. The summed E-state index contributed by atoms with van der Waals surface area (Å²) in [5, 5.41) is 26.8. The summed E-state index contributed by atoms with van der Waals surface area (Å²) in [5.41, 5.74) is -1.01. The van der Waals surface area contributed by atoms with E-state index < -0.39 is 39.3 Å². The minimum absolute atomic E-state index is 0.0333. The van der Waals surface area contributed by atoms with Crippen molar-refractivity contribution in [3.8, 4) is 0 Å². The van der Waals surface area contributed by atoms with Crippen molar-refractivity contribution in [2.75, 3.05) is 7.11 Å². The third-order valence-electron chi connectivity index (χ3n) is 3.41. The molecular weight excluding hydrogens is 324 g/mol. The van der Waals surface area contributed by atoms with Gasteiger partial charge in [0.1, 0.15) is 0 Å². The fourth-order valence-corrected chi connectivity index (χ4v) is 2.36. The first kappa shape index (κ1) is 16.9. The number of esters is 1. The number of amides is 2. The molecule has 2 rings (SSSR count). The topological polar surface area (TPSA) is 154 Å². The number of urea groups is 1. The van der Waals surface area contributed by atoms with Crippen LogP contribution in [0.4, 0.5) is 16.2 Å². The van der Waals surface area contributed by atoms with E-state index in [1.807, 2.05) is 0 Å². The van der Waals surface area contributed by atoms with Crippen LogP contribution in [-0.2, 0) is 9.53 Å². The van der Waals surface area contributed by atoms with E-state index in [0.717, 1.165) is 25.3 Å². The van der Waals surface area contributed by atoms with Crippen molar-refractivity contribution in [1.82, 2.24) is 10.6 Å². The molecule has 11 nitrogen and oxygen atoms in total. The van der Waals surface area contributed by atoms with Crippen LogP contribution in [0.1, 0.15) is 18.5 Å². The molecule has 1 unspecified atom stereocenters. The molecule has 0 saturated carbocycles. The normalized spacial score (nSPS) is 16.9. The Morgan fingerprint density at radius 1 is 1.25 bits per heavy atom. The molecule has 1 aliphatic rings.